The predicted octanol–water partition coefficient (Wildman–Crippen LogP) is 1.44. The highest BCUT2D eigenvalue weighted by Gasteiger charge is 2.24. The zero-order valence-electron chi connectivity index (χ0n) is 7.03. The molecule has 0 radical (unpaired) electrons. The van der Waals surface area contributed by atoms with E-state index in [-0.39, 0.29) is 18.1 Å². The van der Waals surface area contributed by atoms with Crippen LogP contribution in [0.5, 0.6) is 0 Å². The summed E-state index contributed by atoms with van der Waals surface area (Å²) >= 11 is 1.56. The van der Waals surface area contributed by atoms with Crippen molar-refractivity contribution < 1.29 is 9.59 Å². The van der Waals surface area contributed by atoms with Crippen molar-refractivity contribution >= 4 is 28.7 Å². The van der Waals surface area contributed by atoms with Crippen molar-refractivity contribution in [2.45, 2.75) is 12.8 Å². The van der Waals surface area contributed by atoms with Gasteiger partial charge in [-0.05, 0) is 11.4 Å². The summed E-state index contributed by atoms with van der Waals surface area (Å²) < 4.78 is 0. The average molecular weight is 195 g/mol. The number of piperidine rings is 1. The van der Waals surface area contributed by atoms with Gasteiger partial charge in [0.25, 0.3) is 0 Å². The molecule has 1 aliphatic heterocycles. The Morgan fingerprint density at radius 1 is 1.38 bits per heavy atom. The first-order chi connectivity index (χ1) is 6.27. The van der Waals surface area contributed by atoms with Gasteiger partial charge in [-0.1, -0.05) is 0 Å². The van der Waals surface area contributed by atoms with E-state index < -0.39 is 0 Å². The molecule has 1 amide bonds. The maximum absolute atomic E-state index is 11.4. The van der Waals surface area contributed by atoms with E-state index in [1.165, 1.54) is 0 Å². The Morgan fingerprint density at radius 3 is 2.85 bits per heavy atom. The zero-order valence-corrected chi connectivity index (χ0v) is 7.84. The van der Waals surface area contributed by atoms with Crippen LogP contribution in [0.4, 0.5) is 5.69 Å². The molecule has 0 saturated carbocycles. The summed E-state index contributed by atoms with van der Waals surface area (Å²) in [5.74, 6) is -0.0221. The van der Waals surface area contributed by atoms with Gasteiger partial charge in [0, 0.05) is 18.3 Å². The highest BCUT2D eigenvalue weighted by Crippen LogP contribution is 2.21. The van der Waals surface area contributed by atoms with Gasteiger partial charge in [-0.15, -0.1) is 0 Å². The molecule has 1 aromatic rings. The third-order valence-corrected chi connectivity index (χ3v) is 2.75. The Bertz CT molecular complexity index is 331. The molecule has 1 saturated heterocycles. The molecule has 2 heterocycles. The molecule has 1 aliphatic rings. The third-order valence-electron chi connectivity index (χ3n) is 2.08. The fourth-order valence-corrected chi connectivity index (χ4v) is 2.04. The number of carbonyl (C=O) groups is 2. The minimum atomic E-state index is -0.0744. The standard InChI is InChI=1S/C9H9NO2S/c11-8-1-3-10(9(12)5-8)7-2-4-13-6-7/h2,4,6H,1,3,5H2. The van der Waals surface area contributed by atoms with Crippen molar-refractivity contribution in [1.29, 1.82) is 0 Å². The summed E-state index contributed by atoms with van der Waals surface area (Å²) in [6.07, 6.45) is 0.553. The van der Waals surface area contributed by atoms with Crippen LogP contribution in [-0.4, -0.2) is 18.2 Å². The molecule has 4 heteroatoms. The molecule has 0 spiro atoms. The number of Topliss-reactive ketones (excluding diaryl/α,β-unsaturated/α-hetero) is 1. The smallest absolute Gasteiger partial charge is 0.234 e. The summed E-state index contributed by atoms with van der Waals surface area (Å²) in [6, 6.07) is 1.90. The second-order valence-electron chi connectivity index (χ2n) is 2.99. The summed E-state index contributed by atoms with van der Waals surface area (Å²) in [4.78, 5) is 24.0. The lowest BCUT2D eigenvalue weighted by Gasteiger charge is -2.24. The number of ketones is 1. The summed E-state index contributed by atoms with van der Waals surface area (Å²) in [6.45, 7) is 0.536. The topological polar surface area (TPSA) is 37.4 Å². The molecule has 0 N–H and O–H groups in total. The number of nitrogens with zero attached hydrogens (tertiary/aromatic N) is 1. The molecule has 13 heavy (non-hydrogen) atoms. The Hall–Kier alpha value is -1.16. The van der Waals surface area contributed by atoms with Crippen LogP contribution >= 0.6 is 11.3 Å². The van der Waals surface area contributed by atoms with Gasteiger partial charge in [-0.2, -0.15) is 11.3 Å². The first-order valence-electron chi connectivity index (χ1n) is 4.11. The van der Waals surface area contributed by atoms with Crippen molar-refractivity contribution in [1.82, 2.24) is 0 Å². The molecule has 3 nitrogen and oxygen atoms in total. The number of rotatable bonds is 1. The fraction of sp³-hybridized carbons (Fsp3) is 0.333. The van der Waals surface area contributed by atoms with Gasteiger partial charge in [0.15, 0.2) is 0 Å². The first-order valence-corrected chi connectivity index (χ1v) is 5.06. The van der Waals surface area contributed by atoms with E-state index in [0.29, 0.717) is 13.0 Å². The van der Waals surface area contributed by atoms with E-state index in [1.807, 2.05) is 16.8 Å². The second-order valence-corrected chi connectivity index (χ2v) is 3.77. The van der Waals surface area contributed by atoms with Crippen LogP contribution in [0.1, 0.15) is 12.8 Å². The van der Waals surface area contributed by atoms with E-state index in [4.69, 9.17) is 0 Å². The Kier molecular flexibility index (Phi) is 2.14. The van der Waals surface area contributed by atoms with Crippen molar-refractivity contribution in [3.8, 4) is 0 Å². The highest BCUT2D eigenvalue weighted by molar-refractivity contribution is 7.08. The highest BCUT2D eigenvalue weighted by atomic mass is 32.1. The van der Waals surface area contributed by atoms with E-state index in [2.05, 4.69) is 0 Å². The summed E-state index contributed by atoms with van der Waals surface area (Å²) in [5, 5.41) is 3.85. The molecule has 2 rings (SSSR count). The molecule has 0 aromatic carbocycles. The van der Waals surface area contributed by atoms with Gasteiger partial charge >= 0.3 is 0 Å². The van der Waals surface area contributed by atoms with Crippen LogP contribution in [0.15, 0.2) is 16.8 Å². The van der Waals surface area contributed by atoms with Gasteiger partial charge in [0.2, 0.25) is 5.91 Å². The van der Waals surface area contributed by atoms with Crippen LogP contribution in [0.2, 0.25) is 0 Å². The Labute approximate surface area is 80.0 Å². The fourth-order valence-electron chi connectivity index (χ4n) is 1.40. The van der Waals surface area contributed by atoms with Crippen LogP contribution in [-0.2, 0) is 9.59 Å². The maximum atomic E-state index is 11.4. The van der Waals surface area contributed by atoms with Gasteiger partial charge in [-0.3, -0.25) is 9.59 Å². The summed E-state index contributed by atoms with van der Waals surface area (Å²) in [5.41, 5.74) is 0.919. The van der Waals surface area contributed by atoms with Gasteiger partial charge in [0.1, 0.15) is 5.78 Å². The number of anilines is 1. The van der Waals surface area contributed by atoms with Crippen molar-refractivity contribution in [3.63, 3.8) is 0 Å². The van der Waals surface area contributed by atoms with E-state index in [1.54, 1.807) is 16.2 Å². The monoisotopic (exact) mass is 195 g/mol. The largest absolute Gasteiger partial charge is 0.311 e. The number of hydrogen-bond donors (Lipinski definition) is 0. The molecule has 1 fully saturated rings. The predicted molar refractivity (Wildman–Crippen MR) is 50.9 cm³/mol. The molecular formula is C9H9NO2S. The number of amides is 1. The lowest BCUT2D eigenvalue weighted by molar-refractivity contribution is -0.128. The molecule has 0 bridgehead atoms. The van der Waals surface area contributed by atoms with Crippen LogP contribution in [0.3, 0.4) is 0 Å². The molecule has 68 valence electrons. The number of hydrogen-bond acceptors (Lipinski definition) is 3. The third kappa shape index (κ3) is 1.62. The molecular weight excluding hydrogens is 186 g/mol. The van der Waals surface area contributed by atoms with E-state index >= 15 is 0 Å². The van der Waals surface area contributed by atoms with Crippen molar-refractivity contribution in [2.24, 2.45) is 0 Å². The van der Waals surface area contributed by atoms with Gasteiger partial charge in [0.05, 0.1) is 12.1 Å². The number of thiophene rings is 1. The SMILES string of the molecule is O=C1CCN(c2ccsc2)C(=O)C1. The maximum Gasteiger partial charge on any atom is 0.234 e. The Balaban J connectivity index is 2.17. The quantitative estimate of drug-likeness (QED) is 0.636. The molecule has 1 aromatic heterocycles. The normalized spacial score (nSPS) is 18.0. The van der Waals surface area contributed by atoms with Gasteiger partial charge in [-0.25, -0.2) is 0 Å². The lowest BCUT2D eigenvalue weighted by Crippen LogP contribution is -2.38. The zero-order chi connectivity index (χ0) is 9.26. The number of carbonyl (C=O) groups excluding carboxylic acids is 2. The second kappa shape index (κ2) is 3.30. The first kappa shape index (κ1) is 8.44. The van der Waals surface area contributed by atoms with Crippen molar-refractivity contribution in [3.05, 3.63) is 16.8 Å². The van der Waals surface area contributed by atoms with Crippen LogP contribution in [0.25, 0.3) is 0 Å². The minimum absolute atomic E-state index is 0.0523. The van der Waals surface area contributed by atoms with E-state index in [9.17, 15) is 9.59 Å². The molecule has 0 unspecified atom stereocenters. The Morgan fingerprint density at radius 2 is 2.23 bits per heavy atom. The van der Waals surface area contributed by atoms with Gasteiger partial charge < -0.3 is 4.90 Å². The molecule has 0 aliphatic carbocycles. The van der Waals surface area contributed by atoms with Crippen molar-refractivity contribution in [2.75, 3.05) is 11.4 Å². The molecule has 0 atom stereocenters. The van der Waals surface area contributed by atoms with Crippen LogP contribution < -0.4 is 4.90 Å². The van der Waals surface area contributed by atoms with Crippen LogP contribution in [0, 0.1) is 0 Å². The average Bonchev–Trinajstić information content (AvgIpc) is 2.56. The lowest BCUT2D eigenvalue weighted by atomic mass is 10.1. The minimum Gasteiger partial charge on any atom is -0.311 e. The van der Waals surface area contributed by atoms with E-state index in [0.717, 1.165) is 5.69 Å². The summed E-state index contributed by atoms with van der Waals surface area (Å²) in [7, 11) is 0.